The number of hydrogen-bond acceptors (Lipinski definition) is 6. The Balaban J connectivity index is 1.60. The van der Waals surface area contributed by atoms with Crippen molar-refractivity contribution in [1.82, 2.24) is 40.0 Å². The van der Waals surface area contributed by atoms with E-state index in [2.05, 4.69) is 52.1 Å². The van der Waals surface area contributed by atoms with E-state index in [0.29, 0.717) is 11.5 Å². The zero-order valence-corrected chi connectivity index (χ0v) is 15.5. The van der Waals surface area contributed by atoms with Crippen LogP contribution in [0, 0.1) is 0 Å². The maximum atomic E-state index is 4.61. The van der Waals surface area contributed by atoms with E-state index in [-0.39, 0.29) is 0 Å². The van der Waals surface area contributed by atoms with Crippen molar-refractivity contribution in [2.75, 3.05) is 14.1 Å². The van der Waals surface area contributed by atoms with Gasteiger partial charge in [0.2, 0.25) is 0 Å². The molecule has 2 N–H and O–H groups in total. The normalized spacial score (nSPS) is 11.7. The van der Waals surface area contributed by atoms with Gasteiger partial charge in [-0.2, -0.15) is 5.10 Å². The fraction of sp³-hybridized carbons (Fsp3) is 0.150. The zero-order chi connectivity index (χ0) is 19.1. The van der Waals surface area contributed by atoms with Crippen molar-refractivity contribution in [1.29, 1.82) is 0 Å². The molecule has 5 aromatic rings. The van der Waals surface area contributed by atoms with E-state index in [1.807, 2.05) is 44.8 Å². The molecule has 0 radical (unpaired) electrons. The minimum absolute atomic E-state index is 0.665. The van der Waals surface area contributed by atoms with Crippen molar-refractivity contribution in [2.45, 2.75) is 6.54 Å². The molecule has 0 aromatic carbocycles. The van der Waals surface area contributed by atoms with Gasteiger partial charge in [-0.3, -0.25) is 10.1 Å². The monoisotopic (exact) mass is 370 g/mol. The van der Waals surface area contributed by atoms with Crippen LogP contribution in [0.5, 0.6) is 0 Å². The number of aromatic amines is 2. The van der Waals surface area contributed by atoms with Crippen LogP contribution in [0.1, 0.15) is 5.56 Å². The van der Waals surface area contributed by atoms with E-state index in [4.69, 9.17) is 0 Å². The molecule has 0 saturated carbocycles. The van der Waals surface area contributed by atoms with Crippen LogP contribution in [0.2, 0.25) is 0 Å². The second kappa shape index (κ2) is 6.50. The van der Waals surface area contributed by atoms with Gasteiger partial charge < -0.3 is 9.88 Å². The van der Waals surface area contributed by atoms with Crippen molar-refractivity contribution < 1.29 is 0 Å². The second-order valence-corrected chi connectivity index (χ2v) is 6.97. The molecule has 138 valence electrons. The third kappa shape index (κ3) is 2.89. The first-order chi connectivity index (χ1) is 13.7. The predicted molar refractivity (Wildman–Crippen MR) is 107 cm³/mol. The third-order valence-electron chi connectivity index (χ3n) is 4.52. The number of imidazole rings is 1. The molecule has 0 aliphatic rings. The molecular weight excluding hydrogens is 352 g/mol. The molecule has 0 atom stereocenters. The van der Waals surface area contributed by atoms with Gasteiger partial charge in [-0.25, -0.2) is 15.0 Å². The highest BCUT2D eigenvalue weighted by Gasteiger charge is 2.15. The Kier molecular flexibility index (Phi) is 3.84. The molecular formula is C20H18N8. The van der Waals surface area contributed by atoms with Crippen LogP contribution >= 0.6 is 0 Å². The number of fused-ring (bicyclic) bond motifs is 2. The lowest BCUT2D eigenvalue weighted by molar-refractivity contribution is 0.402. The minimum atomic E-state index is 0.665. The summed E-state index contributed by atoms with van der Waals surface area (Å²) in [4.78, 5) is 23.2. The Hall–Kier alpha value is -3.65. The Morgan fingerprint density at radius 3 is 2.75 bits per heavy atom. The third-order valence-corrected chi connectivity index (χ3v) is 4.52. The Morgan fingerprint density at radius 2 is 1.89 bits per heavy atom. The molecule has 0 unspecified atom stereocenters. The number of aromatic nitrogens is 7. The predicted octanol–water partition coefficient (Wildman–Crippen LogP) is 3.02. The highest BCUT2D eigenvalue weighted by Crippen LogP contribution is 2.28. The smallest absolute Gasteiger partial charge is 0.161 e. The molecule has 0 aliphatic heterocycles. The molecule has 0 fully saturated rings. The van der Waals surface area contributed by atoms with Crippen LogP contribution in [0.4, 0.5) is 0 Å². The maximum Gasteiger partial charge on any atom is 0.161 e. The molecule has 0 amide bonds. The number of H-pyrrole nitrogens is 2. The molecule has 0 spiro atoms. The lowest BCUT2D eigenvalue weighted by Crippen LogP contribution is -2.10. The molecule has 0 aliphatic carbocycles. The summed E-state index contributed by atoms with van der Waals surface area (Å²) >= 11 is 0. The standard InChI is InChI=1S/C20H18N8/c1-28(2)11-12-6-13(9-21-8-12)14-7-15-17(26-27-18(15)23-10-14)20-24-16-4-3-5-22-19(16)25-20/h3-10H,11H2,1-2H3,(H,22,24,25)(H,23,26,27). The lowest BCUT2D eigenvalue weighted by atomic mass is 10.1. The number of nitrogens with zero attached hydrogens (tertiary/aromatic N) is 6. The number of nitrogens with one attached hydrogen (secondary N) is 2. The minimum Gasteiger partial charge on any atom is -0.321 e. The average Bonchev–Trinajstić information content (AvgIpc) is 3.30. The summed E-state index contributed by atoms with van der Waals surface area (Å²) < 4.78 is 0. The summed E-state index contributed by atoms with van der Waals surface area (Å²) in [5, 5.41) is 8.30. The first kappa shape index (κ1) is 16.5. The summed E-state index contributed by atoms with van der Waals surface area (Å²) in [6.07, 6.45) is 7.31. The Bertz CT molecular complexity index is 1250. The van der Waals surface area contributed by atoms with Gasteiger partial charge in [0, 0.05) is 42.5 Å². The maximum absolute atomic E-state index is 4.61. The molecule has 8 nitrogen and oxygen atoms in total. The topological polar surface area (TPSA) is 99.3 Å². The lowest BCUT2D eigenvalue weighted by Gasteiger charge is -2.10. The van der Waals surface area contributed by atoms with Gasteiger partial charge in [-0.15, -0.1) is 0 Å². The molecule has 5 rings (SSSR count). The summed E-state index contributed by atoms with van der Waals surface area (Å²) in [5.41, 5.74) is 6.13. The summed E-state index contributed by atoms with van der Waals surface area (Å²) in [6, 6.07) is 7.99. The molecule has 0 saturated heterocycles. The molecule has 5 aromatic heterocycles. The number of rotatable bonds is 4. The van der Waals surface area contributed by atoms with Crippen molar-refractivity contribution in [2.24, 2.45) is 0 Å². The number of hydrogen-bond donors (Lipinski definition) is 2. The van der Waals surface area contributed by atoms with E-state index < -0.39 is 0 Å². The largest absolute Gasteiger partial charge is 0.321 e. The van der Waals surface area contributed by atoms with Crippen LogP contribution in [-0.4, -0.2) is 54.1 Å². The SMILES string of the molecule is CN(C)Cc1cncc(-c2cnc3[nH]nc(-c4nc5cccnc5[nH]4)c3c2)c1. The Labute approximate surface area is 160 Å². The molecule has 5 heterocycles. The quantitative estimate of drug-likeness (QED) is 0.504. The second-order valence-electron chi connectivity index (χ2n) is 6.97. The molecule has 8 heteroatoms. The van der Waals surface area contributed by atoms with Crippen LogP contribution < -0.4 is 0 Å². The Morgan fingerprint density at radius 1 is 1.00 bits per heavy atom. The van der Waals surface area contributed by atoms with Gasteiger partial charge in [0.25, 0.3) is 0 Å². The highest BCUT2D eigenvalue weighted by atomic mass is 15.2. The highest BCUT2D eigenvalue weighted by molar-refractivity contribution is 5.93. The summed E-state index contributed by atoms with van der Waals surface area (Å²) in [5.74, 6) is 0.665. The van der Waals surface area contributed by atoms with Gasteiger partial charge in [0.15, 0.2) is 17.1 Å². The van der Waals surface area contributed by atoms with Crippen LogP contribution in [-0.2, 0) is 6.54 Å². The van der Waals surface area contributed by atoms with Gasteiger partial charge in [-0.05, 0) is 43.9 Å². The van der Waals surface area contributed by atoms with Crippen molar-refractivity contribution in [3.8, 4) is 22.6 Å². The number of pyridine rings is 3. The fourth-order valence-corrected chi connectivity index (χ4v) is 3.29. The van der Waals surface area contributed by atoms with Crippen LogP contribution in [0.15, 0.2) is 49.1 Å². The van der Waals surface area contributed by atoms with E-state index >= 15 is 0 Å². The van der Waals surface area contributed by atoms with Gasteiger partial charge in [0.05, 0.1) is 5.39 Å². The van der Waals surface area contributed by atoms with Gasteiger partial charge in [-0.1, -0.05) is 0 Å². The fourth-order valence-electron chi connectivity index (χ4n) is 3.29. The van der Waals surface area contributed by atoms with Crippen LogP contribution in [0.3, 0.4) is 0 Å². The summed E-state index contributed by atoms with van der Waals surface area (Å²) in [6.45, 7) is 0.833. The van der Waals surface area contributed by atoms with E-state index in [0.717, 1.165) is 45.5 Å². The molecule has 28 heavy (non-hydrogen) atoms. The van der Waals surface area contributed by atoms with Crippen molar-refractivity contribution in [3.63, 3.8) is 0 Å². The van der Waals surface area contributed by atoms with Crippen molar-refractivity contribution in [3.05, 3.63) is 54.6 Å². The zero-order valence-electron chi connectivity index (χ0n) is 15.5. The van der Waals surface area contributed by atoms with E-state index in [1.54, 1.807) is 6.20 Å². The average molecular weight is 370 g/mol. The van der Waals surface area contributed by atoms with Crippen molar-refractivity contribution >= 4 is 22.2 Å². The first-order valence-electron chi connectivity index (χ1n) is 8.91. The van der Waals surface area contributed by atoms with Crippen LogP contribution in [0.25, 0.3) is 44.8 Å². The van der Waals surface area contributed by atoms with E-state index in [9.17, 15) is 0 Å². The van der Waals surface area contributed by atoms with Gasteiger partial charge >= 0.3 is 0 Å². The van der Waals surface area contributed by atoms with E-state index in [1.165, 1.54) is 0 Å². The first-order valence-corrected chi connectivity index (χ1v) is 8.91. The molecule has 0 bridgehead atoms. The van der Waals surface area contributed by atoms with Gasteiger partial charge in [0.1, 0.15) is 11.2 Å². The summed E-state index contributed by atoms with van der Waals surface area (Å²) in [7, 11) is 4.08.